The Morgan fingerprint density at radius 3 is 2.52 bits per heavy atom. The third-order valence-corrected chi connectivity index (χ3v) is 4.61. The summed E-state index contributed by atoms with van der Waals surface area (Å²) in [6.45, 7) is 0. The quantitative estimate of drug-likeness (QED) is 0.317. The molecule has 0 spiro atoms. The molecule has 0 amide bonds. The molecule has 3 aromatic carbocycles. The van der Waals surface area contributed by atoms with Gasteiger partial charge in [0.15, 0.2) is 5.76 Å². The van der Waals surface area contributed by atoms with Gasteiger partial charge in [-0.25, -0.2) is 4.79 Å². The highest BCUT2D eigenvalue weighted by molar-refractivity contribution is 6.33. The van der Waals surface area contributed by atoms with Crippen LogP contribution in [0.25, 0.3) is 6.08 Å². The molecule has 0 bridgehead atoms. The molecule has 4 nitrogen and oxygen atoms in total. The highest BCUT2D eigenvalue weighted by atomic mass is 35.5. The Hall–Kier alpha value is -3.63. The molecule has 0 fully saturated rings. The molecule has 3 aromatic rings. The number of fused-ring (bicyclic) bond motifs is 1. The summed E-state index contributed by atoms with van der Waals surface area (Å²) >= 11 is 6.03. The first-order valence-electron chi connectivity index (χ1n) is 8.88. The molecular weight excluding hydrogens is 388 g/mol. The number of rotatable bonds is 4. The second kappa shape index (κ2) is 8.17. The van der Waals surface area contributed by atoms with Crippen molar-refractivity contribution in [3.63, 3.8) is 0 Å². The Balaban J connectivity index is 1.50. The van der Waals surface area contributed by atoms with Crippen LogP contribution >= 0.6 is 11.6 Å². The lowest BCUT2D eigenvalue weighted by Crippen LogP contribution is -2.09. The first-order valence-corrected chi connectivity index (χ1v) is 9.26. The zero-order valence-electron chi connectivity index (χ0n) is 15.2. The Kier molecular flexibility index (Phi) is 5.27. The first-order chi connectivity index (χ1) is 14.1. The van der Waals surface area contributed by atoms with E-state index in [1.54, 1.807) is 48.6 Å². The van der Waals surface area contributed by atoms with Crippen molar-refractivity contribution >= 4 is 29.4 Å². The minimum atomic E-state index is -0.582. The van der Waals surface area contributed by atoms with Gasteiger partial charge in [0, 0.05) is 6.07 Å². The van der Waals surface area contributed by atoms with Gasteiger partial charge >= 0.3 is 5.97 Å². The highest BCUT2D eigenvalue weighted by Crippen LogP contribution is 2.34. The molecule has 0 radical (unpaired) electrons. The van der Waals surface area contributed by atoms with Crippen LogP contribution in [0.2, 0.25) is 5.02 Å². The minimum Gasteiger partial charge on any atom is -0.452 e. The van der Waals surface area contributed by atoms with E-state index >= 15 is 0 Å². The van der Waals surface area contributed by atoms with E-state index < -0.39 is 5.97 Å². The number of ketones is 1. The van der Waals surface area contributed by atoms with E-state index in [1.165, 1.54) is 6.07 Å². The van der Waals surface area contributed by atoms with Crippen LogP contribution in [0.15, 0.2) is 90.7 Å². The van der Waals surface area contributed by atoms with Crippen LogP contribution < -0.4 is 9.47 Å². The molecule has 142 valence electrons. The number of ether oxygens (including phenoxy) is 2. The predicted octanol–water partition coefficient (Wildman–Crippen LogP) is 5.73. The van der Waals surface area contributed by atoms with E-state index in [4.69, 9.17) is 21.1 Å². The molecule has 0 N–H and O–H groups in total. The van der Waals surface area contributed by atoms with Gasteiger partial charge in [-0.15, -0.1) is 0 Å². The first kappa shape index (κ1) is 18.7. The number of benzene rings is 3. The van der Waals surface area contributed by atoms with Crippen molar-refractivity contribution in [3.8, 4) is 11.5 Å². The Morgan fingerprint density at radius 2 is 1.72 bits per heavy atom. The summed E-state index contributed by atoms with van der Waals surface area (Å²) < 4.78 is 11.0. The number of carbonyl (C=O) groups excluding carboxylic acids is 2. The van der Waals surface area contributed by atoms with Crippen molar-refractivity contribution < 1.29 is 19.1 Å². The number of carbonyl (C=O) groups is 2. The summed E-state index contributed by atoms with van der Waals surface area (Å²) in [4.78, 5) is 24.8. The number of esters is 1. The van der Waals surface area contributed by atoms with Gasteiger partial charge in [-0.2, -0.15) is 0 Å². The summed E-state index contributed by atoms with van der Waals surface area (Å²) in [5.41, 5.74) is 1.70. The molecule has 5 heteroatoms. The zero-order valence-corrected chi connectivity index (χ0v) is 15.9. The van der Waals surface area contributed by atoms with Gasteiger partial charge in [-0.3, -0.25) is 4.79 Å². The second-order valence-corrected chi connectivity index (χ2v) is 6.67. The van der Waals surface area contributed by atoms with E-state index in [-0.39, 0.29) is 22.9 Å². The molecule has 0 aromatic heterocycles. The van der Waals surface area contributed by atoms with E-state index in [0.29, 0.717) is 16.3 Å². The van der Waals surface area contributed by atoms with E-state index in [2.05, 4.69) is 0 Å². The average molecular weight is 403 g/mol. The smallest absolute Gasteiger partial charge is 0.345 e. The lowest BCUT2D eigenvalue weighted by Gasteiger charge is -2.06. The van der Waals surface area contributed by atoms with Crippen LogP contribution in [0.5, 0.6) is 11.5 Å². The van der Waals surface area contributed by atoms with E-state index in [9.17, 15) is 9.59 Å². The van der Waals surface area contributed by atoms with Gasteiger partial charge in [0.1, 0.15) is 11.5 Å². The SMILES string of the molecule is O=C(Oc1ccc2c(c1)O/C(=C\C=C\c1ccccc1)C2=O)c1ccccc1Cl. The number of hydrogen-bond acceptors (Lipinski definition) is 4. The summed E-state index contributed by atoms with van der Waals surface area (Å²) in [7, 11) is 0. The molecule has 29 heavy (non-hydrogen) atoms. The molecule has 1 heterocycles. The van der Waals surface area contributed by atoms with Gasteiger partial charge < -0.3 is 9.47 Å². The second-order valence-electron chi connectivity index (χ2n) is 6.26. The Morgan fingerprint density at radius 1 is 0.966 bits per heavy atom. The van der Waals surface area contributed by atoms with Gasteiger partial charge in [0.25, 0.3) is 0 Å². The zero-order chi connectivity index (χ0) is 20.2. The molecule has 0 saturated heterocycles. The monoisotopic (exact) mass is 402 g/mol. The highest BCUT2D eigenvalue weighted by Gasteiger charge is 2.27. The van der Waals surface area contributed by atoms with Crippen LogP contribution in [0.3, 0.4) is 0 Å². The minimum absolute atomic E-state index is 0.210. The molecule has 4 rings (SSSR count). The molecule has 0 aliphatic carbocycles. The van der Waals surface area contributed by atoms with Crippen LogP contribution in [-0.2, 0) is 0 Å². The Labute approximate surface area is 172 Å². The third-order valence-electron chi connectivity index (χ3n) is 4.28. The molecular formula is C24H15ClO4. The average Bonchev–Trinajstić information content (AvgIpc) is 3.04. The van der Waals surface area contributed by atoms with Crippen molar-refractivity contribution in [2.24, 2.45) is 0 Å². The van der Waals surface area contributed by atoms with Gasteiger partial charge in [0.05, 0.1) is 16.1 Å². The van der Waals surface area contributed by atoms with E-state index in [1.807, 2.05) is 36.4 Å². The van der Waals surface area contributed by atoms with E-state index in [0.717, 1.165) is 5.56 Å². The normalized spacial score (nSPS) is 14.1. The van der Waals surface area contributed by atoms with Crippen molar-refractivity contribution in [1.29, 1.82) is 0 Å². The lowest BCUT2D eigenvalue weighted by molar-refractivity contribution is 0.0734. The van der Waals surface area contributed by atoms with Crippen LogP contribution in [0, 0.1) is 0 Å². The van der Waals surface area contributed by atoms with Crippen molar-refractivity contribution in [1.82, 2.24) is 0 Å². The van der Waals surface area contributed by atoms with Crippen LogP contribution in [0.1, 0.15) is 26.3 Å². The fourth-order valence-corrected chi connectivity index (χ4v) is 3.06. The van der Waals surface area contributed by atoms with Crippen molar-refractivity contribution in [2.75, 3.05) is 0 Å². The number of halogens is 1. The predicted molar refractivity (Wildman–Crippen MR) is 111 cm³/mol. The summed E-state index contributed by atoms with van der Waals surface area (Å²) in [6, 6.07) is 21.0. The Bertz CT molecular complexity index is 1150. The van der Waals surface area contributed by atoms with Crippen molar-refractivity contribution in [3.05, 3.63) is 112 Å². The number of allylic oxidation sites excluding steroid dienone is 3. The molecule has 0 unspecified atom stereocenters. The molecule has 0 atom stereocenters. The summed E-state index contributed by atoms with van der Waals surface area (Å²) in [6.07, 6.45) is 5.25. The van der Waals surface area contributed by atoms with Gasteiger partial charge in [-0.05, 0) is 35.9 Å². The topological polar surface area (TPSA) is 52.6 Å². The van der Waals surface area contributed by atoms with Crippen LogP contribution in [0.4, 0.5) is 0 Å². The molecule has 1 aliphatic heterocycles. The fourth-order valence-electron chi connectivity index (χ4n) is 2.84. The fraction of sp³-hybridized carbons (Fsp3) is 0. The molecule has 0 saturated carbocycles. The maximum Gasteiger partial charge on any atom is 0.345 e. The molecule has 1 aliphatic rings. The number of hydrogen-bond donors (Lipinski definition) is 0. The van der Waals surface area contributed by atoms with Gasteiger partial charge in [0.2, 0.25) is 5.78 Å². The van der Waals surface area contributed by atoms with Gasteiger partial charge in [-0.1, -0.05) is 66.2 Å². The third kappa shape index (κ3) is 4.13. The standard InChI is InChI=1S/C24H15ClO4/c25-20-11-5-4-10-18(20)24(27)28-17-13-14-19-22(15-17)29-21(23(19)26)12-6-9-16-7-2-1-3-8-16/h1-15H/b9-6+,21-12-. The number of Topliss-reactive ketones (excluding diaryl/α,β-unsaturated/α-hetero) is 1. The van der Waals surface area contributed by atoms with Crippen LogP contribution in [-0.4, -0.2) is 11.8 Å². The summed E-state index contributed by atoms with van der Waals surface area (Å²) in [5, 5.41) is 0.306. The summed E-state index contributed by atoms with van der Waals surface area (Å²) in [5.74, 6) is 0.0197. The maximum absolute atomic E-state index is 12.5. The largest absolute Gasteiger partial charge is 0.452 e. The lowest BCUT2D eigenvalue weighted by atomic mass is 10.1. The van der Waals surface area contributed by atoms with Crippen molar-refractivity contribution in [2.45, 2.75) is 0 Å². The maximum atomic E-state index is 12.5.